The summed E-state index contributed by atoms with van der Waals surface area (Å²) in [6.45, 7) is 1.67. The summed E-state index contributed by atoms with van der Waals surface area (Å²) >= 11 is 0. The monoisotopic (exact) mass is 476 g/mol. The summed E-state index contributed by atoms with van der Waals surface area (Å²) in [5.74, 6) is -2.86. The standard InChI is InChI=1S/C26H28N4O5/c1-17-9-5-8-14-21(17)30-25(34)24(33)29(26(30)35)16-22(31)28-20-13-7-6-12-19(20)23(32)27-15-18-10-3-2-4-11-18/h2-4,6-7,10-13,17,21H,5,8-9,14-16H2,1H3,(H,27,32)(H,28,31)/t17-,21+/m1/s1. The molecule has 9 heteroatoms. The third-order valence-electron chi connectivity index (χ3n) is 6.53. The van der Waals surface area contributed by atoms with Gasteiger partial charge in [0.05, 0.1) is 11.3 Å². The Balaban J connectivity index is 1.41. The van der Waals surface area contributed by atoms with Crippen molar-refractivity contribution in [2.75, 3.05) is 11.9 Å². The van der Waals surface area contributed by atoms with Crippen LogP contribution in [-0.2, 0) is 20.9 Å². The molecule has 1 aliphatic carbocycles. The molecule has 1 heterocycles. The molecule has 2 aromatic rings. The summed E-state index contributed by atoms with van der Waals surface area (Å²) in [6.07, 6.45) is 3.42. The van der Waals surface area contributed by atoms with Crippen LogP contribution in [0.4, 0.5) is 10.5 Å². The molecule has 1 saturated heterocycles. The second-order valence-corrected chi connectivity index (χ2v) is 8.94. The van der Waals surface area contributed by atoms with Crippen LogP contribution < -0.4 is 10.6 Å². The molecule has 2 fully saturated rings. The van der Waals surface area contributed by atoms with E-state index in [0.717, 1.165) is 29.7 Å². The quantitative estimate of drug-likeness (QED) is 0.471. The number of amides is 6. The first kappa shape index (κ1) is 24.1. The van der Waals surface area contributed by atoms with Crippen LogP contribution in [0, 0.1) is 5.92 Å². The highest BCUT2D eigenvalue weighted by atomic mass is 16.2. The molecule has 0 unspecified atom stereocenters. The van der Waals surface area contributed by atoms with E-state index in [1.807, 2.05) is 37.3 Å². The van der Waals surface area contributed by atoms with Gasteiger partial charge in [-0.1, -0.05) is 62.2 Å². The maximum atomic E-state index is 12.9. The van der Waals surface area contributed by atoms with Gasteiger partial charge in [-0.05, 0) is 36.5 Å². The van der Waals surface area contributed by atoms with Gasteiger partial charge in [0.15, 0.2) is 0 Å². The lowest BCUT2D eigenvalue weighted by Crippen LogP contribution is -2.46. The fraction of sp³-hybridized carbons (Fsp3) is 0.346. The third-order valence-corrected chi connectivity index (χ3v) is 6.53. The normalized spacial score (nSPS) is 20.2. The molecule has 0 spiro atoms. The lowest BCUT2D eigenvalue weighted by molar-refractivity contribution is -0.145. The number of rotatable bonds is 7. The van der Waals surface area contributed by atoms with E-state index in [1.165, 1.54) is 0 Å². The Hall–Kier alpha value is -4.01. The van der Waals surface area contributed by atoms with Crippen LogP contribution >= 0.6 is 0 Å². The van der Waals surface area contributed by atoms with E-state index in [-0.39, 0.29) is 29.1 Å². The Morgan fingerprint density at radius 3 is 2.34 bits per heavy atom. The van der Waals surface area contributed by atoms with Crippen LogP contribution in [0.25, 0.3) is 0 Å². The predicted octanol–water partition coefficient (Wildman–Crippen LogP) is 2.92. The Labute approximate surface area is 203 Å². The fourth-order valence-corrected chi connectivity index (χ4v) is 4.63. The van der Waals surface area contributed by atoms with Crippen molar-refractivity contribution in [1.29, 1.82) is 0 Å². The second kappa shape index (κ2) is 10.5. The molecule has 0 radical (unpaired) electrons. The Morgan fingerprint density at radius 2 is 1.60 bits per heavy atom. The van der Waals surface area contributed by atoms with Gasteiger partial charge in [0.1, 0.15) is 6.54 Å². The number of nitrogens with zero attached hydrogens (tertiary/aromatic N) is 2. The maximum Gasteiger partial charge on any atom is 0.334 e. The molecule has 0 aromatic heterocycles. The molecule has 6 amide bonds. The SMILES string of the molecule is C[C@@H]1CCCC[C@@H]1N1C(=O)C(=O)N(CC(=O)Nc2ccccc2C(=O)NCc2ccccc2)C1=O. The molecule has 1 saturated carbocycles. The van der Waals surface area contributed by atoms with Gasteiger partial charge in [-0.15, -0.1) is 0 Å². The summed E-state index contributed by atoms with van der Waals surface area (Å²) in [5.41, 5.74) is 1.41. The number of carbonyl (C=O) groups excluding carboxylic acids is 5. The summed E-state index contributed by atoms with van der Waals surface area (Å²) < 4.78 is 0. The van der Waals surface area contributed by atoms with Gasteiger partial charge in [-0.3, -0.25) is 24.1 Å². The van der Waals surface area contributed by atoms with Crippen molar-refractivity contribution in [2.24, 2.45) is 5.92 Å². The Kier molecular flexibility index (Phi) is 7.24. The zero-order valence-corrected chi connectivity index (χ0v) is 19.5. The molecule has 2 aliphatic rings. The number of carbonyl (C=O) groups is 5. The van der Waals surface area contributed by atoms with Crippen LogP contribution in [-0.4, -0.2) is 52.0 Å². The molecule has 4 rings (SSSR count). The molecule has 0 bridgehead atoms. The van der Waals surface area contributed by atoms with E-state index in [2.05, 4.69) is 10.6 Å². The van der Waals surface area contributed by atoms with Crippen molar-refractivity contribution in [2.45, 2.75) is 45.2 Å². The first-order chi connectivity index (χ1) is 16.9. The highest BCUT2D eigenvalue weighted by molar-refractivity contribution is 6.45. The average molecular weight is 477 g/mol. The number of hydrogen-bond acceptors (Lipinski definition) is 5. The first-order valence-electron chi connectivity index (χ1n) is 11.8. The zero-order chi connectivity index (χ0) is 24.9. The minimum atomic E-state index is -1.00. The Morgan fingerprint density at radius 1 is 0.914 bits per heavy atom. The molecule has 1 aliphatic heterocycles. The van der Waals surface area contributed by atoms with Crippen LogP contribution in [0.1, 0.15) is 48.5 Å². The van der Waals surface area contributed by atoms with Crippen molar-refractivity contribution >= 4 is 35.3 Å². The molecule has 9 nitrogen and oxygen atoms in total. The molecule has 182 valence electrons. The van der Waals surface area contributed by atoms with Crippen molar-refractivity contribution in [3.63, 3.8) is 0 Å². The van der Waals surface area contributed by atoms with Crippen molar-refractivity contribution in [3.05, 3.63) is 65.7 Å². The highest BCUT2D eigenvalue weighted by Gasteiger charge is 2.49. The lowest BCUT2D eigenvalue weighted by Gasteiger charge is -2.34. The van der Waals surface area contributed by atoms with Gasteiger partial charge in [-0.2, -0.15) is 0 Å². The van der Waals surface area contributed by atoms with Gasteiger partial charge in [-0.25, -0.2) is 9.69 Å². The van der Waals surface area contributed by atoms with E-state index in [1.54, 1.807) is 24.3 Å². The minimum Gasteiger partial charge on any atom is -0.348 e. The number of imide groups is 2. The molecular formula is C26H28N4O5. The van der Waals surface area contributed by atoms with Crippen molar-refractivity contribution < 1.29 is 24.0 Å². The molecule has 35 heavy (non-hydrogen) atoms. The Bertz CT molecular complexity index is 1150. The largest absolute Gasteiger partial charge is 0.348 e. The third kappa shape index (κ3) is 5.24. The smallest absolute Gasteiger partial charge is 0.334 e. The van der Waals surface area contributed by atoms with E-state index < -0.39 is 30.3 Å². The number of para-hydroxylation sites is 1. The number of anilines is 1. The van der Waals surface area contributed by atoms with Crippen LogP contribution in [0.3, 0.4) is 0 Å². The summed E-state index contributed by atoms with van der Waals surface area (Å²) in [5, 5.41) is 5.41. The molecule has 2 atom stereocenters. The predicted molar refractivity (Wildman–Crippen MR) is 128 cm³/mol. The molecule has 2 aromatic carbocycles. The van der Waals surface area contributed by atoms with E-state index in [9.17, 15) is 24.0 Å². The number of hydrogen-bond donors (Lipinski definition) is 2. The maximum absolute atomic E-state index is 12.9. The number of nitrogens with one attached hydrogen (secondary N) is 2. The topological polar surface area (TPSA) is 116 Å². The van der Waals surface area contributed by atoms with Gasteiger partial charge in [0.25, 0.3) is 5.91 Å². The average Bonchev–Trinajstić information content (AvgIpc) is 3.07. The van der Waals surface area contributed by atoms with Gasteiger partial charge in [0.2, 0.25) is 5.91 Å². The molecule has 2 N–H and O–H groups in total. The summed E-state index contributed by atoms with van der Waals surface area (Å²) in [7, 11) is 0. The van der Waals surface area contributed by atoms with Crippen LogP contribution in [0.5, 0.6) is 0 Å². The van der Waals surface area contributed by atoms with Gasteiger partial charge < -0.3 is 10.6 Å². The van der Waals surface area contributed by atoms with E-state index >= 15 is 0 Å². The van der Waals surface area contributed by atoms with Crippen LogP contribution in [0.2, 0.25) is 0 Å². The zero-order valence-electron chi connectivity index (χ0n) is 19.5. The van der Waals surface area contributed by atoms with Crippen molar-refractivity contribution in [3.8, 4) is 0 Å². The molecular weight excluding hydrogens is 448 g/mol. The van der Waals surface area contributed by atoms with E-state index in [4.69, 9.17) is 0 Å². The first-order valence-corrected chi connectivity index (χ1v) is 11.8. The lowest BCUT2D eigenvalue weighted by atomic mass is 9.85. The minimum absolute atomic E-state index is 0.0968. The van der Waals surface area contributed by atoms with Gasteiger partial charge in [0, 0.05) is 12.6 Å². The van der Waals surface area contributed by atoms with E-state index in [0.29, 0.717) is 17.9 Å². The van der Waals surface area contributed by atoms with Gasteiger partial charge >= 0.3 is 17.8 Å². The van der Waals surface area contributed by atoms with Crippen molar-refractivity contribution in [1.82, 2.24) is 15.1 Å². The summed E-state index contributed by atoms with van der Waals surface area (Å²) in [4.78, 5) is 65.2. The van der Waals surface area contributed by atoms with Crippen LogP contribution in [0.15, 0.2) is 54.6 Å². The number of urea groups is 1. The summed E-state index contributed by atoms with van der Waals surface area (Å²) in [6, 6.07) is 14.8. The highest BCUT2D eigenvalue weighted by Crippen LogP contribution is 2.31. The fourth-order valence-electron chi connectivity index (χ4n) is 4.63. The second-order valence-electron chi connectivity index (χ2n) is 8.94. The number of benzene rings is 2.